The van der Waals surface area contributed by atoms with Crippen LogP contribution in [0.4, 0.5) is 0 Å². The second kappa shape index (κ2) is 16.2. The minimum absolute atomic E-state index is 0. The first-order valence-electron chi connectivity index (χ1n) is 18.2. The molecule has 2 N–H and O–H groups in total. The van der Waals surface area contributed by atoms with Gasteiger partial charge in [0.2, 0.25) is 0 Å². The number of nitrogens with zero attached hydrogens (tertiary/aromatic N) is 4. The number of para-hydroxylation sites is 2. The number of fused-ring (bicyclic) bond motifs is 5. The summed E-state index contributed by atoms with van der Waals surface area (Å²) < 4.78 is 7.18. The van der Waals surface area contributed by atoms with E-state index in [0.29, 0.717) is 0 Å². The van der Waals surface area contributed by atoms with E-state index in [1.54, 1.807) is 0 Å². The van der Waals surface area contributed by atoms with Gasteiger partial charge >= 0.3 is 17.1 Å². The smallest absolute Gasteiger partial charge is 0.657 e. The largest absolute Gasteiger partial charge is 3.00 e. The van der Waals surface area contributed by atoms with Crippen LogP contribution in [-0.4, -0.2) is 34.3 Å². The Morgan fingerprint density at radius 1 is 0.812 bits per heavy atom. The Hall–Kier alpha value is -2.90. The zero-order valence-corrected chi connectivity index (χ0v) is 30.6. The van der Waals surface area contributed by atoms with E-state index in [0.717, 1.165) is 65.9 Å². The van der Waals surface area contributed by atoms with Crippen LogP contribution in [0, 0.1) is 6.92 Å². The van der Waals surface area contributed by atoms with Crippen molar-refractivity contribution in [1.29, 1.82) is 0 Å². The molecule has 3 saturated heterocycles. The number of nitrogens with two attached hydrogens (primary N) is 1. The van der Waals surface area contributed by atoms with Crippen molar-refractivity contribution in [2.24, 2.45) is 5.64 Å². The van der Waals surface area contributed by atoms with Crippen LogP contribution in [0.2, 0.25) is 18.0 Å². The van der Waals surface area contributed by atoms with E-state index in [1.807, 2.05) is 25.1 Å². The molecule has 3 aromatic heterocycles. The molecule has 2 aromatic carbocycles. The third kappa shape index (κ3) is 8.45. The van der Waals surface area contributed by atoms with Gasteiger partial charge in [0.25, 0.3) is 0 Å². The van der Waals surface area contributed by atoms with Crippen LogP contribution < -0.4 is 10.6 Å². The number of hydrogen-bond donors (Lipinski definition) is 1. The third-order valence-electron chi connectivity index (χ3n) is 11.0. The molecular formula is C40H54BFeN5O+. The van der Waals surface area contributed by atoms with Crippen molar-refractivity contribution in [3.63, 3.8) is 0 Å². The summed E-state index contributed by atoms with van der Waals surface area (Å²) in [5.74, 6) is 1.60. The fourth-order valence-electron chi connectivity index (χ4n) is 8.50. The van der Waals surface area contributed by atoms with Gasteiger partial charge in [0.15, 0.2) is 0 Å². The molecule has 1 radical (unpaired) electrons. The van der Waals surface area contributed by atoms with Gasteiger partial charge in [-0.25, -0.2) is 0 Å². The molecule has 6 nitrogen and oxygen atoms in total. The van der Waals surface area contributed by atoms with Crippen molar-refractivity contribution in [3.8, 4) is 11.4 Å². The van der Waals surface area contributed by atoms with E-state index in [1.165, 1.54) is 74.2 Å². The molecule has 48 heavy (non-hydrogen) atoms. The van der Waals surface area contributed by atoms with Crippen molar-refractivity contribution in [3.05, 3.63) is 84.2 Å². The molecule has 3 aliphatic rings. The first-order valence-corrected chi connectivity index (χ1v) is 18.2. The zero-order valence-electron chi connectivity index (χ0n) is 29.5. The summed E-state index contributed by atoms with van der Waals surface area (Å²) in [6.07, 6.45) is 12.4. The maximum Gasteiger partial charge on any atom is 3.00 e. The molecule has 0 spiro atoms. The average molecular weight is 688 g/mol. The quantitative estimate of drug-likeness (QED) is 0.186. The summed E-state index contributed by atoms with van der Waals surface area (Å²) >= 11 is 0. The number of benzene rings is 2. The van der Waals surface area contributed by atoms with Gasteiger partial charge in [0.05, 0.1) is 12.0 Å². The van der Waals surface area contributed by atoms with Gasteiger partial charge in [-0.05, 0) is 48.7 Å². The Morgan fingerprint density at radius 3 is 1.92 bits per heavy atom. The molecule has 0 saturated carbocycles. The average Bonchev–Trinajstić information content (AvgIpc) is 3.82. The number of hydrogen-bond acceptors (Lipinski definition) is 4. The molecule has 5 aromatic rings. The molecule has 6 heterocycles. The summed E-state index contributed by atoms with van der Waals surface area (Å²) in [5, 5.41) is 7.48. The predicted molar refractivity (Wildman–Crippen MR) is 198 cm³/mol. The van der Waals surface area contributed by atoms with Gasteiger partial charge in [-0.2, -0.15) is 23.1 Å². The number of aryl methyl sites for hydroxylation is 2. The zero-order chi connectivity index (χ0) is 32.9. The Bertz CT molecular complexity index is 1670. The standard InChI is InChI=1S/C24H38BN4.C12H8N.C4H8O.Fe/c1-18-9-5-14-21(27-18)22-17-23(24(2,3)4)29(28-22)16-8-15-25(26)19-10-6-11-20(25)13-7-12-19;1-3-7-11-9(5-1)10-6-2-4-8-12(10)13-11;1-2-4-5-3-1;/h5,9,14,17,19-20H,6-8,10-13,15-16,26H2,1-4H3;1-8H;1-4H2;/q2*-1;;+3. The van der Waals surface area contributed by atoms with E-state index in [9.17, 15) is 0 Å². The molecule has 0 unspecified atom stereocenters. The molecule has 8 rings (SSSR count). The van der Waals surface area contributed by atoms with Gasteiger partial charge < -0.3 is 15.4 Å². The van der Waals surface area contributed by atoms with Crippen LogP contribution in [0.25, 0.3) is 33.2 Å². The first-order chi connectivity index (χ1) is 22.7. The van der Waals surface area contributed by atoms with Crippen LogP contribution >= 0.6 is 0 Å². The van der Waals surface area contributed by atoms with Crippen LogP contribution in [-0.2, 0) is 33.8 Å². The van der Waals surface area contributed by atoms with E-state index < -0.39 is 6.28 Å². The number of ether oxygens (including phenoxy) is 1. The maximum absolute atomic E-state index is 7.13. The van der Waals surface area contributed by atoms with Crippen molar-refractivity contribution in [2.45, 2.75) is 115 Å². The first kappa shape index (κ1) is 36.4. The van der Waals surface area contributed by atoms with Crippen molar-refractivity contribution in [2.75, 3.05) is 13.2 Å². The molecule has 3 fully saturated rings. The molecule has 255 valence electrons. The van der Waals surface area contributed by atoms with E-state index >= 15 is 0 Å². The van der Waals surface area contributed by atoms with E-state index in [4.69, 9.17) is 20.5 Å². The Labute approximate surface area is 298 Å². The fraction of sp³-hybridized carbons (Fsp3) is 0.500. The van der Waals surface area contributed by atoms with Crippen molar-refractivity contribution >= 4 is 28.1 Å². The Morgan fingerprint density at radius 2 is 1.40 bits per heavy atom. The van der Waals surface area contributed by atoms with Crippen LogP contribution in [0.5, 0.6) is 0 Å². The van der Waals surface area contributed by atoms with Gasteiger partial charge in [0.1, 0.15) is 5.69 Å². The minimum atomic E-state index is -0.694. The summed E-state index contributed by atoms with van der Waals surface area (Å²) in [4.78, 5) is 9.21. The van der Waals surface area contributed by atoms with Gasteiger partial charge in [-0.1, -0.05) is 120 Å². The number of pyridine rings is 1. The topological polar surface area (TPSA) is 80.1 Å². The van der Waals surface area contributed by atoms with Gasteiger partial charge in [-0.15, -0.1) is 11.0 Å². The molecule has 0 amide bonds. The number of aromatic nitrogens is 4. The molecule has 8 heteroatoms. The van der Waals surface area contributed by atoms with Gasteiger partial charge in [-0.3, -0.25) is 9.67 Å². The number of rotatable bonds is 5. The summed E-state index contributed by atoms with van der Waals surface area (Å²) in [7, 11) is 0. The summed E-state index contributed by atoms with van der Waals surface area (Å²) in [6, 6.07) is 24.9. The molecule has 2 bridgehead atoms. The normalized spacial score (nSPS) is 21.9. The van der Waals surface area contributed by atoms with Gasteiger partial charge in [0, 0.05) is 36.6 Å². The molecule has 0 atom stereocenters. The van der Waals surface area contributed by atoms with Crippen molar-refractivity contribution < 1.29 is 21.8 Å². The molecular weight excluding hydrogens is 633 g/mol. The minimum Gasteiger partial charge on any atom is -0.657 e. The Kier molecular flexibility index (Phi) is 12.3. The Balaban J connectivity index is 0.000000193. The van der Waals surface area contributed by atoms with Crippen LogP contribution in [0.3, 0.4) is 0 Å². The summed E-state index contributed by atoms with van der Waals surface area (Å²) in [5.41, 5.74) is 13.6. The van der Waals surface area contributed by atoms with E-state index in [2.05, 4.69) is 85.0 Å². The molecule has 0 aliphatic carbocycles. The summed E-state index contributed by atoms with van der Waals surface area (Å²) in [6.45, 7) is 11.8. The third-order valence-corrected chi connectivity index (χ3v) is 11.0. The second-order valence-electron chi connectivity index (χ2n) is 15.3. The van der Waals surface area contributed by atoms with Crippen LogP contribution in [0.15, 0.2) is 72.8 Å². The maximum atomic E-state index is 7.13. The fourth-order valence-corrected chi connectivity index (χ4v) is 8.50. The molecule has 3 aliphatic heterocycles. The SMILES string of the molecule is C1CCOC1.Cc1cccc(-c2cc(C(C)(C)C)n(CCC[B-]3(N)C4CCCC3CCC4)n2)n1.[Fe+3].c1ccc2c(c1)[n-]c1ccccc12. The monoisotopic (exact) mass is 687 g/mol. The predicted octanol–water partition coefficient (Wildman–Crippen LogP) is 9.70. The van der Waals surface area contributed by atoms with Crippen molar-refractivity contribution in [1.82, 2.24) is 19.7 Å². The van der Waals surface area contributed by atoms with E-state index in [-0.39, 0.29) is 22.5 Å². The van der Waals surface area contributed by atoms with Crippen LogP contribution in [0.1, 0.15) is 89.9 Å². The second-order valence-corrected chi connectivity index (χ2v) is 15.3.